The molecule has 0 spiro atoms. The molecule has 1 heterocycles. The molecule has 0 N–H and O–H groups in total. The minimum absolute atomic E-state index is 0.00811. The van der Waals surface area contributed by atoms with Crippen LogP contribution in [0.1, 0.15) is 5.56 Å². The Kier molecular flexibility index (Phi) is 6.37. The van der Waals surface area contributed by atoms with Crippen LogP contribution < -0.4 is 0 Å². The number of halogens is 1. The summed E-state index contributed by atoms with van der Waals surface area (Å²) in [6.45, 7) is 2.75. The summed E-state index contributed by atoms with van der Waals surface area (Å²) >= 11 is 8.97. The molecule has 1 fully saturated rings. The number of rotatable bonds is 5. The second kappa shape index (κ2) is 8.40. The Morgan fingerprint density at radius 1 is 1.11 bits per heavy atom. The fourth-order valence-electron chi connectivity index (χ4n) is 2.58. The monoisotopic (exact) mass is 444 g/mol. The summed E-state index contributed by atoms with van der Waals surface area (Å²) in [4.78, 5) is 13.3. The van der Waals surface area contributed by atoms with Crippen molar-refractivity contribution < 1.29 is 13.3 Å². The molecule has 27 heavy (non-hydrogen) atoms. The number of non-ortho nitro benzene ring substituents is 1. The van der Waals surface area contributed by atoms with Gasteiger partial charge in [0.05, 0.1) is 16.4 Å². The minimum atomic E-state index is -2.98. The van der Waals surface area contributed by atoms with Crippen molar-refractivity contribution in [3.8, 4) is 0 Å². The van der Waals surface area contributed by atoms with Gasteiger partial charge in [-0.15, -0.1) is 0 Å². The predicted molar refractivity (Wildman–Crippen MR) is 109 cm³/mol. The van der Waals surface area contributed by atoms with E-state index in [9.17, 15) is 18.5 Å². The van der Waals surface area contributed by atoms with Gasteiger partial charge < -0.3 is 0 Å². The lowest BCUT2D eigenvalue weighted by Gasteiger charge is -2.25. The summed E-state index contributed by atoms with van der Waals surface area (Å²) < 4.78 is 25.2. The first-order chi connectivity index (χ1) is 12.7. The second-order valence-electron chi connectivity index (χ2n) is 6.13. The van der Waals surface area contributed by atoms with Gasteiger partial charge in [-0.25, -0.2) is 12.7 Å². The summed E-state index contributed by atoms with van der Waals surface area (Å²) in [6.07, 6.45) is 0. The summed E-state index contributed by atoms with van der Waals surface area (Å²) in [5.74, 6) is 0.204. The van der Waals surface area contributed by atoms with Crippen molar-refractivity contribution in [2.24, 2.45) is 0 Å². The molecule has 0 saturated carbocycles. The van der Waals surface area contributed by atoms with Crippen molar-refractivity contribution in [2.75, 3.05) is 24.6 Å². The highest BCUT2D eigenvalue weighted by Crippen LogP contribution is 2.40. The molecule has 2 aromatic rings. The third-order valence-electron chi connectivity index (χ3n) is 3.91. The van der Waals surface area contributed by atoms with Crippen LogP contribution in [0.15, 0.2) is 51.1 Å². The Morgan fingerprint density at radius 3 is 2.44 bits per heavy atom. The first kappa shape index (κ1) is 20.5. The van der Waals surface area contributed by atoms with Crippen LogP contribution in [0.4, 0.5) is 5.69 Å². The quantitative estimate of drug-likeness (QED) is 0.383. The standard InChI is InChI=1S/C17H17ClN2O4S3/c1-12-8-13(18)10-15(9-12)25-16-3-2-14(20(21)22)11-17(16)26-19-4-6-27(23,24)7-5-19/h2-3,8-11H,4-7H2,1H3. The van der Waals surface area contributed by atoms with Gasteiger partial charge in [0.15, 0.2) is 9.84 Å². The first-order valence-corrected chi connectivity index (χ1v) is 11.9. The molecule has 0 bridgehead atoms. The highest BCUT2D eigenvalue weighted by Gasteiger charge is 2.24. The van der Waals surface area contributed by atoms with Gasteiger partial charge in [0.1, 0.15) is 0 Å². The molecule has 3 rings (SSSR count). The van der Waals surface area contributed by atoms with Gasteiger partial charge in [0, 0.05) is 44.9 Å². The van der Waals surface area contributed by atoms with Crippen LogP contribution in [0, 0.1) is 17.0 Å². The van der Waals surface area contributed by atoms with E-state index >= 15 is 0 Å². The molecule has 2 aromatic carbocycles. The summed E-state index contributed by atoms with van der Waals surface area (Å²) in [5.41, 5.74) is 1.04. The third kappa shape index (κ3) is 5.61. The number of sulfone groups is 1. The van der Waals surface area contributed by atoms with Crippen LogP contribution in [-0.4, -0.2) is 42.2 Å². The number of benzene rings is 2. The summed E-state index contributed by atoms with van der Waals surface area (Å²) in [6, 6.07) is 10.5. The van der Waals surface area contributed by atoms with Crippen LogP contribution >= 0.6 is 35.3 Å². The predicted octanol–water partition coefficient (Wildman–Crippen LogP) is 4.45. The molecule has 0 amide bonds. The third-order valence-corrected chi connectivity index (χ3v) is 8.07. The largest absolute Gasteiger partial charge is 0.270 e. The van der Waals surface area contributed by atoms with Gasteiger partial charge >= 0.3 is 0 Å². The minimum Gasteiger partial charge on any atom is -0.258 e. The average Bonchev–Trinajstić information content (AvgIpc) is 2.57. The van der Waals surface area contributed by atoms with Crippen LogP contribution in [0.5, 0.6) is 0 Å². The topological polar surface area (TPSA) is 80.5 Å². The molecule has 1 saturated heterocycles. The molecular formula is C17H17ClN2O4S3. The SMILES string of the molecule is Cc1cc(Cl)cc(Sc2ccc([N+](=O)[O-])cc2SN2CCS(=O)(=O)CC2)c1. The molecule has 0 radical (unpaired) electrons. The molecule has 0 aliphatic carbocycles. The van der Waals surface area contributed by atoms with E-state index in [0.717, 1.165) is 20.2 Å². The molecule has 144 valence electrons. The molecule has 1 aliphatic heterocycles. The number of nitro benzene ring substituents is 1. The van der Waals surface area contributed by atoms with E-state index in [1.807, 2.05) is 29.4 Å². The molecule has 0 atom stereocenters. The van der Waals surface area contributed by atoms with Crippen LogP contribution in [0.25, 0.3) is 0 Å². The van der Waals surface area contributed by atoms with E-state index in [4.69, 9.17) is 11.6 Å². The van der Waals surface area contributed by atoms with E-state index in [0.29, 0.717) is 18.1 Å². The molecule has 1 aliphatic rings. The Morgan fingerprint density at radius 2 is 1.81 bits per heavy atom. The maximum absolute atomic E-state index is 11.6. The van der Waals surface area contributed by atoms with Gasteiger partial charge in [-0.3, -0.25) is 10.1 Å². The molecule has 10 heteroatoms. The van der Waals surface area contributed by atoms with Crippen molar-refractivity contribution in [1.82, 2.24) is 4.31 Å². The van der Waals surface area contributed by atoms with Gasteiger partial charge in [0.2, 0.25) is 0 Å². The van der Waals surface area contributed by atoms with Crippen molar-refractivity contribution in [3.05, 3.63) is 57.1 Å². The fraction of sp³-hybridized carbons (Fsp3) is 0.294. The van der Waals surface area contributed by atoms with E-state index in [1.165, 1.54) is 35.8 Å². The molecule has 6 nitrogen and oxygen atoms in total. The lowest BCUT2D eigenvalue weighted by atomic mass is 10.2. The second-order valence-corrected chi connectivity index (χ2v) is 11.1. The smallest absolute Gasteiger partial charge is 0.258 e. The highest BCUT2D eigenvalue weighted by atomic mass is 35.5. The Labute approximate surface area is 171 Å². The maximum Gasteiger partial charge on any atom is 0.270 e. The van der Waals surface area contributed by atoms with Gasteiger partial charge in [0.25, 0.3) is 5.69 Å². The zero-order valence-electron chi connectivity index (χ0n) is 14.4. The number of nitro groups is 1. The zero-order valence-corrected chi connectivity index (χ0v) is 17.6. The molecule has 0 unspecified atom stereocenters. The van der Waals surface area contributed by atoms with Crippen molar-refractivity contribution in [1.29, 1.82) is 0 Å². The van der Waals surface area contributed by atoms with Crippen LogP contribution in [0.3, 0.4) is 0 Å². The summed E-state index contributed by atoms with van der Waals surface area (Å²) in [7, 11) is -2.98. The van der Waals surface area contributed by atoms with Crippen LogP contribution in [0.2, 0.25) is 5.02 Å². The lowest BCUT2D eigenvalue weighted by molar-refractivity contribution is -0.385. The Hall–Kier alpha value is -1.26. The van der Waals surface area contributed by atoms with Crippen molar-refractivity contribution >= 4 is 50.8 Å². The van der Waals surface area contributed by atoms with Gasteiger partial charge in [-0.05, 0) is 48.7 Å². The van der Waals surface area contributed by atoms with Crippen LogP contribution in [-0.2, 0) is 9.84 Å². The number of aryl methyl sites for hydroxylation is 1. The van der Waals surface area contributed by atoms with Gasteiger partial charge in [-0.1, -0.05) is 23.4 Å². The summed E-state index contributed by atoms with van der Waals surface area (Å²) in [5, 5.41) is 11.8. The molecular weight excluding hydrogens is 428 g/mol. The first-order valence-electron chi connectivity index (χ1n) is 8.09. The van der Waals surface area contributed by atoms with E-state index in [-0.39, 0.29) is 17.2 Å². The van der Waals surface area contributed by atoms with Crippen molar-refractivity contribution in [2.45, 2.75) is 21.6 Å². The molecule has 0 aromatic heterocycles. The average molecular weight is 445 g/mol. The van der Waals surface area contributed by atoms with E-state index in [1.54, 1.807) is 6.07 Å². The lowest BCUT2D eigenvalue weighted by Crippen LogP contribution is -2.36. The van der Waals surface area contributed by atoms with Crippen molar-refractivity contribution in [3.63, 3.8) is 0 Å². The maximum atomic E-state index is 11.6. The normalized spacial score (nSPS) is 17.0. The fourth-order valence-corrected chi connectivity index (χ4v) is 6.56. The Balaban J connectivity index is 1.87. The Bertz CT molecular complexity index is 948. The number of hydrogen-bond donors (Lipinski definition) is 0. The zero-order chi connectivity index (χ0) is 19.6. The number of nitrogens with zero attached hydrogens (tertiary/aromatic N) is 2. The number of hydrogen-bond acceptors (Lipinski definition) is 7. The highest BCUT2D eigenvalue weighted by molar-refractivity contribution is 8.01. The van der Waals surface area contributed by atoms with Gasteiger partial charge in [-0.2, -0.15) is 0 Å². The van der Waals surface area contributed by atoms with E-state index < -0.39 is 14.8 Å². The van der Waals surface area contributed by atoms with E-state index in [2.05, 4.69) is 0 Å².